The maximum absolute atomic E-state index is 13.1. The van der Waals surface area contributed by atoms with E-state index in [2.05, 4.69) is 23.3 Å². The highest BCUT2D eigenvalue weighted by molar-refractivity contribution is 6.06. The Bertz CT molecular complexity index is 985. The summed E-state index contributed by atoms with van der Waals surface area (Å²) >= 11 is 0. The second-order valence-corrected chi connectivity index (χ2v) is 6.84. The molecule has 1 N–H and O–H groups in total. The quantitative estimate of drug-likeness (QED) is 0.697. The van der Waals surface area contributed by atoms with Gasteiger partial charge in [-0.15, -0.1) is 0 Å². The van der Waals surface area contributed by atoms with Crippen molar-refractivity contribution in [1.29, 1.82) is 0 Å². The minimum Gasteiger partial charge on any atom is -0.492 e. The van der Waals surface area contributed by atoms with Gasteiger partial charge >= 0.3 is 0 Å². The predicted molar refractivity (Wildman–Crippen MR) is 112 cm³/mol. The summed E-state index contributed by atoms with van der Waals surface area (Å²) in [5.41, 5.74) is 4.29. The smallest absolute Gasteiger partial charge is 0.277 e. The summed E-state index contributed by atoms with van der Waals surface area (Å²) < 4.78 is 5.64. The van der Waals surface area contributed by atoms with E-state index in [0.29, 0.717) is 12.3 Å². The van der Waals surface area contributed by atoms with Crippen molar-refractivity contribution in [2.75, 3.05) is 16.8 Å². The number of anilines is 3. The normalized spacial score (nSPS) is 15.2. The molecule has 1 atom stereocenters. The third-order valence-electron chi connectivity index (χ3n) is 4.87. The van der Waals surface area contributed by atoms with Crippen molar-refractivity contribution in [2.24, 2.45) is 0 Å². The van der Waals surface area contributed by atoms with Gasteiger partial charge in [-0.1, -0.05) is 30.3 Å². The van der Waals surface area contributed by atoms with Crippen LogP contribution in [0, 0.1) is 0 Å². The van der Waals surface area contributed by atoms with Crippen LogP contribution < -0.4 is 15.0 Å². The van der Waals surface area contributed by atoms with E-state index >= 15 is 0 Å². The molecule has 0 fully saturated rings. The highest BCUT2D eigenvalue weighted by atomic mass is 16.5. The molecule has 1 unspecified atom stereocenters. The van der Waals surface area contributed by atoms with Crippen LogP contribution in [0.5, 0.6) is 5.75 Å². The molecule has 5 heteroatoms. The number of hydrogen-bond donors (Lipinski definition) is 1. The Kier molecular flexibility index (Phi) is 4.98. The Morgan fingerprint density at radius 1 is 1.14 bits per heavy atom. The third-order valence-corrected chi connectivity index (χ3v) is 4.87. The zero-order chi connectivity index (χ0) is 19.5. The van der Waals surface area contributed by atoms with Crippen LogP contribution in [0.25, 0.3) is 0 Å². The van der Waals surface area contributed by atoms with Gasteiger partial charge in [0.05, 0.1) is 24.2 Å². The number of nitrogens with zero attached hydrogens (tertiary/aromatic N) is 2. The summed E-state index contributed by atoms with van der Waals surface area (Å²) in [6.07, 6.45) is 2.55. The number of pyridine rings is 1. The summed E-state index contributed by atoms with van der Waals surface area (Å²) in [4.78, 5) is 19.3. The zero-order valence-electron chi connectivity index (χ0n) is 16.1. The first kappa shape index (κ1) is 18.0. The van der Waals surface area contributed by atoms with Crippen LogP contribution in [-0.2, 0) is 6.42 Å². The molecule has 0 saturated carbocycles. The summed E-state index contributed by atoms with van der Waals surface area (Å²) in [6, 6.07) is 19.6. The zero-order valence-corrected chi connectivity index (χ0v) is 16.1. The third kappa shape index (κ3) is 3.43. The average molecular weight is 373 g/mol. The maximum Gasteiger partial charge on any atom is 0.277 e. The van der Waals surface area contributed by atoms with Gasteiger partial charge in [0, 0.05) is 11.7 Å². The number of ether oxygens (including phenoxy) is 1. The molecular formula is C23H23N3O2. The van der Waals surface area contributed by atoms with Crippen molar-refractivity contribution >= 4 is 23.0 Å². The fourth-order valence-corrected chi connectivity index (χ4v) is 3.60. The van der Waals surface area contributed by atoms with E-state index in [9.17, 15) is 4.79 Å². The lowest BCUT2D eigenvalue weighted by atomic mass is 10.1. The van der Waals surface area contributed by atoms with Crippen LogP contribution in [0.15, 0.2) is 66.9 Å². The number of hydrogen-bond acceptors (Lipinski definition) is 4. The molecule has 5 nitrogen and oxygen atoms in total. The number of carbonyl (C=O) groups excluding carboxylic acids is 1. The van der Waals surface area contributed by atoms with E-state index in [1.807, 2.05) is 60.4 Å². The van der Waals surface area contributed by atoms with E-state index < -0.39 is 0 Å². The summed E-state index contributed by atoms with van der Waals surface area (Å²) in [5, 5.41) is 3.31. The average Bonchev–Trinajstić information content (AvgIpc) is 3.05. The first-order valence-corrected chi connectivity index (χ1v) is 9.53. The molecule has 3 aromatic rings. The van der Waals surface area contributed by atoms with Gasteiger partial charge in [-0.3, -0.25) is 4.79 Å². The standard InChI is InChI=1S/C23H23N3O2/c1-3-28-22-11-7-5-9-19(22)25-18-12-13-20(24-15-18)23(27)26-16(2)14-17-8-4-6-10-21(17)26/h4-13,15-16,25H,3,14H2,1-2H3. The van der Waals surface area contributed by atoms with E-state index in [1.54, 1.807) is 12.3 Å². The predicted octanol–water partition coefficient (Wildman–Crippen LogP) is 4.82. The van der Waals surface area contributed by atoms with Crippen molar-refractivity contribution < 1.29 is 9.53 Å². The van der Waals surface area contributed by atoms with Gasteiger partial charge in [0.2, 0.25) is 0 Å². The lowest BCUT2D eigenvalue weighted by molar-refractivity contribution is 0.0976. The van der Waals surface area contributed by atoms with Gasteiger partial charge in [-0.25, -0.2) is 4.98 Å². The van der Waals surface area contributed by atoms with E-state index in [0.717, 1.165) is 29.2 Å². The number of amides is 1. The molecule has 2 aromatic carbocycles. The Labute approximate surface area is 165 Å². The Morgan fingerprint density at radius 3 is 2.71 bits per heavy atom. The molecule has 0 radical (unpaired) electrons. The van der Waals surface area contributed by atoms with Crippen LogP contribution in [0.4, 0.5) is 17.1 Å². The van der Waals surface area contributed by atoms with Crippen molar-refractivity contribution in [2.45, 2.75) is 26.3 Å². The monoisotopic (exact) mass is 373 g/mol. The molecule has 2 heterocycles. The number of nitrogens with one attached hydrogen (secondary N) is 1. The number of para-hydroxylation sites is 3. The minimum atomic E-state index is -0.0706. The van der Waals surface area contributed by atoms with Gasteiger partial charge in [-0.05, 0) is 56.2 Å². The first-order valence-electron chi connectivity index (χ1n) is 9.53. The van der Waals surface area contributed by atoms with Crippen LogP contribution >= 0.6 is 0 Å². The SMILES string of the molecule is CCOc1ccccc1Nc1ccc(C(=O)N2c3ccccc3CC2C)nc1. The van der Waals surface area contributed by atoms with Gasteiger partial charge in [-0.2, -0.15) is 0 Å². The topological polar surface area (TPSA) is 54.5 Å². The Balaban J connectivity index is 1.53. The molecule has 1 aliphatic heterocycles. The maximum atomic E-state index is 13.1. The van der Waals surface area contributed by atoms with E-state index in [1.165, 1.54) is 5.56 Å². The molecule has 4 rings (SSSR count). The second-order valence-electron chi connectivity index (χ2n) is 6.84. The highest BCUT2D eigenvalue weighted by Crippen LogP contribution is 2.33. The fourth-order valence-electron chi connectivity index (χ4n) is 3.60. The van der Waals surface area contributed by atoms with Gasteiger partial charge in [0.1, 0.15) is 11.4 Å². The molecular weight excluding hydrogens is 350 g/mol. The molecule has 0 saturated heterocycles. The van der Waals surface area contributed by atoms with Crippen molar-refractivity contribution in [3.63, 3.8) is 0 Å². The molecule has 0 aliphatic carbocycles. The van der Waals surface area contributed by atoms with Crippen LogP contribution in [0.2, 0.25) is 0 Å². The summed E-state index contributed by atoms with van der Waals surface area (Å²) in [5.74, 6) is 0.714. The van der Waals surface area contributed by atoms with E-state index in [-0.39, 0.29) is 11.9 Å². The van der Waals surface area contributed by atoms with Gasteiger partial charge < -0.3 is 15.0 Å². The lowest BCUT2D eigenvalue weighted by Gasteiger charge is -2.22. The van der Waals surface area contributed by atoms with Crippen molar-refractivity contribution in [1.82, 2.24) is 4.98 Å². The summed E-state index contributed by atoms with van der Waals surface area (Å²) in [7, 11) is 0. The lowest BCUT2D eigenvalue weighted by Crippen LogP contribution is -2.36. The molecule has 0 bridgehead atoms. The molecule has 1 amide bonds. The largest absolute Gasteiger partial charge is 0.492 e. The Hall–Kier alpha value is -3.34. The number of benzene rings is 2. The molecule has 28 heavy (non-hydrogen) atoms. The summed E-state index contributed by atoms with van der Waals surface area (Å²) in [6.45, 7) is 4.62. The minimum absolute atomic E-state index is 0.0706. The van der Waals surface area contributed by atoms with Crippen LogP contribution in [0.1, 0.15) is 29.9 Å². The fraction of sp³-hybridized carbons (Fsp3) is 0.217. The van der Waals surface area contributed by atoms with Gasteiger partial charge in [0.15, 0.2) is 0 Å². The number of carbonyl (C=O) groups is 1. The van der Waals surface area contributed by atoms with Crippen molar-refractivity contribution in [3.05, 3.63) is 78.1 Å². The van der Waals surface area contributed by atoms with Gasteiger partial charge in [0.25, 0.3) is 5.91 Å². The number of aromatic nitrogens is 1. The van der Waals surface area contributed by atoms with Crippen LogP contribution in [-0.4, -0.2) is 23.5 Å². The number of fused-ring (bicyclic) bond motifs is 1. The molecule has 1 aliphatic rings. The molecule has 0 spiro atoms. The highest BCUT2D eigenvalue weighted by Gasteiger charge is 2.31. The van der Waals surface area contributed by atoms with Crippen molar-refractivity contribution in [3.8, 4) is 5.75 Å². The Morgan fingerprint density at radius 2 is 1.93 bits per heavy atom. The van der Waals surface area contributed by atoms with E-state index in [4.69, 9.17) is 4.74 Å². The first-order chi connectivity index (χ1) is 13.7. The van der Waals surface area contributed by atoms with Crippen LogP contribution in [0.3, 0.4) is 0 Å². The number of rotatable bonds is 5. The second kappa shape index (κ2) is 7.72. The molecule has 142 valence electrons. The molecule has 1 aromatic heterocycles.